The molecule has 1 amide bonds. The number of halogens is 2. The lowest BCUT2D eigenvalue weighted by Crippen LogP contribution is -2.66. The summed E-state index contributed by atoms with van der Waals surface area (Å²) in [4.78, 5) is 29.0. The number of esters is 1. The molecule has 4 aliphatic rings. The van der Waals surface area contributed by atoms with Crippen LogP contribution in [0.4, 0.5) is 0 Å². The maximum atomic E-state index is 13.9. The van der Waals surface area contributed by atoms with E-state index < -0.39 is 91.6 Å². The van der Waals surface area contributed by atoms with Gasteiger partial charge in [0.25, 0.3) is 5.91 Å². The molecule has 7 rings (SSSR count). The lowest BCUT2D eigenvalue weighted by atomic mass is 9.77. The Hall–Kier alpha value is -3.86. The second kappa shape index (κ2) is 16.5. The van der Waals surface area contributed by atoms with Gasteiger partial charge in [-0.15, -0.1) is 0 Å². The first-order valence-corrected chi connectivity index (χ1v) is 19.2. The molecule has 18 nitrogen and oxygen atoms in total. The van der Waals surface area contributed by atoms with Crippen molar-refractivity contribution in [2.75, 3.05) is 47.5 Å². The van der Waals surface area contributed by atoms with Crippen molar-refractivity contribution < 1.29 is 78.5 Å². The van der Waals surface area contributed by atoms with Crippen LogP contribution in [0.25, 0.3) is 0 Å². The van der Waals surface area contributed by atoms with Gasteiger partial charge >= 0.3 is 5.97 Å². The van der Waals surface area contributed by atoms with Gasteiger partial charge in [0.2, 0.25) is 12.1 Å². The lowest BCUT2D eigenvalue weighted by molar-refractivity contribution is -0.334. The molecule has 0 saturated carbocycles. The number of aliphatic hydroxyl groups excluding tert-OH is 7. The van der Waals surface area contributed by atoms with E-state index in [0.29, 0.717) is 13.1 Å². The Balaban J connectivity index is 1.34. The average Bonchev–Trinajstić information content (AvgIpc) is 3.49. The Bertz CT molecular complexity index is 2110. The van der Waals surface area contributed by atoms with Crippen LogP contribution in [0.1, 0.15) is 44.3 Å². The molecule has 0 aliphatic carbocycles. The van der Waals surface area contributed by atoms with Crippen molar-refractivity contribution in [1.29, 1.82) is 0 Å². The van der Waals surface area contributed by atoms with Crippen molar-refractivity contribution in [3.05, 3.63) is 80.3 Å². The van der Waals surface area contributed by atoms with E-state index in [1.807, 2.05) is 19.0 Å². The monoisotopic (exact) mass is 866 g/mol. The number of likely N-dealkylation sites (N-methyl/N-ethyl adjacent to an activating group) is 1. The smallest absolute Gasteiger partial charge is 0.340 e. The number of methoxy groups -OCH3 is 1. The number of ether oxygens (including phenoxy) is 7. The van der Waals surface area contributed by atoms with Crippen molar-refractivity contribution in [2.24, 2.45) is 0 Å². The third-order valence-corrected chi connectivity index (χ3v) is 11.4. The molecule has 59 heavy (non-hydrogen) atoms. The van der Waals surface area contributed by atoms with Crippen LogP contribution in [-0.4, -0.2) is 161 Å². The van der Waals surface area contributed by atoms with Crippen molar-refractivity contribution in [3.8, 4) is 23.0 Å². The fourth-order valence-corrected chi connectivity index (χ4v) is 8.17. The van der Waals surface area contributed by atoms with Gasteiger partial charge in [0.15, 0.2) is 11.7 Å². The van der Waals surface area contributed by atoms with Crippen molar-refractivity contribution in [1.82, 2.24) is 10.2 Å². The van der Waals surface area contributed by atoms with Crippen molar-refractivity contribution in [3.63, 3.8) is 0 Å². The Labute approximate surface area is 347 Å². The number of amides is 1. The predicted octanol–water partition coefficient (Wildman–Crippen LogP) is 0.254. The van der Waals surface area contributed by atoms with Gasteiger partial charge in [-0.3, -0.25) is 4.79 Å². The molecule has 0 aromatic heterocycles. The minimum absolute atomic E-state index is 0.00490. The van der Waals surface area contributed by atoms with Crippen LogP contribution in [0.15, 0.2) is 42.5 Å². The molecule has 8 N–H and O–H groups in total. The molecule has 1 spiro atoms. The fraction of sp³-hybridized carbons (Fsp3) is 0.487. The van der Waals surface area contributed by atoms with Crippen molar-refractivity contribution >= 4 is 35.1 Å². The zero-order valence-electron chi connectivity index (χ0n) is 32.1. The Kier molecular flexibility index (Phi) is 12.1. The third-order valence-electron chi connectivity index (χ3n) is 10.8. The normalized spacial score (nSPS) is 32.2. The van der Waals surface area contributed by atoms with E-state index in [-0.39, 0.29) is 60.9 Å². The van der Waals surface area contributed by atoms with E-state index >= 15 is 0 Å². The summed E-state index contributed by atoms with van der Waals surface area (Å²) in [5.74, 6) is -3.31. The number of hydrogen-bond acceptors (Lipinski definition) is 17. The molecule has 4 heterocycles. The molecule has 5 unspecified atom stereocenters. The van der Waals surface area contributed by atoms with Gasteiger partial charge in [0, 0.05) is 61.5 Å². The summed E-state index contributed by atoms with van der Waals surface area (Å²) in [6.07, 6.45) is -13.7. The minimum Gasteiger partial charge on any atom is -0.460 e. The van der Waals surface area contributed by atoms with Crippen LogP contribution in [0.2, 0.25) is 10.0 Å². The van der Waals surface area contributed by atoms with Gasteiger partial charge in [-0.2, -0.15) is 0 Å². The van der Waals surface area contributed by atoms with Crippen LogP contribution in [0.3, 0.4) is 0 Å². The molecular formula is C39H44Cl2N2O16. The SMILES string of the molecule is COC1[C@@H](O)[C@@H](O)C(CO)O[C@@]1(C)Oc1cc2c(cc1Cl)C1(OC(=O)c3cc(C(=O)NCCN(C)C)ccc31)c1cc(Cl)c(O[C@H]3OC(CO)[C@@H](O)[C@@H](O)C3O)cc1O2. The largest absolute Gasteiger partial charge is 0.460 e. The van der Waals surface area contributed by atoms with Crippen LogP contribution < -0.4 is 19.5 Å². The lowest BCUT2D eigenvalue weighted by Gasteiger charge is -2.47. The summed E-state index contributed by atoms with van der Waals surface area (Å²) in [6.45, 7) is 0.957. The van der Waals surface area contributed by atoms with Crippen LogP contribution in [-0.2, 0) is 24.5 Å². The highest BCUT2D eigenvalue weighted by molar-refractivity contribution is 6.32. The number of hydrogen-bond donors (Lipinski definition) is 8. The number of nitrogens with one attached hydrogen (secondary N) is 1. The van der Waals surface area contributed by atoms with E-state index in [9.17, 15) is 45.3 Å². The van der Waals surface area contributed by atoms with Crippen LogP contribution in [0, 0.1) is 0 Å². The summed E-state index contributed by atoms with van der Waals surface area (Å²) < 4.78 is 41.7. The van der Waals surface area contributed by atoms with Gasteiger partial charge in [-0.1, -0.05) is 29.3 Å². The molecule has 4 aliphatic heterocycles. The number of carbonyl (C=O) groups excluding carboxylic acids is 2. The van der Waals surface area contributed by atoms with Crippen LogP contribution >= 0.6 is 23.2 Å². The highest BCUT2D eigenvalue weighted by Gasteiger charge is 2.57. The molecular weight excluding hydrogens is 823 g/mol. The standard InChI is InChI=1S/C39H44Cl2N2O16/c1-38(34(53-4)32(49)30(47)28(15-45)58-38)57-26-13-24-20(11-22(26)41)39(18-6-5-16(9-17(18)36(52)59-39)35(51)42-7-8-43(2)3)19-10-21(40)25(12-23(19)54-24)55-37-33(50)31(48)29(46)27(14-44)56-37/h5-6,9-13,27-34,37,44-50H,7-8,14-15H2,1-4H3,(H,42,51)/t27?,28?,29-,30+,31-,32+,33?,34?,37+,38-,39?/m1/s1. The first kappa shape index (κ1) is 43.2. The number of nitrogens with zero attached hydrogens (tertiary/aromatic N) is 1. The average molecular weight is 868 g/mol. The zero-order valence-corrected chi connectivity index (χ0v) is 33.6. The molecule has 20 heteroatoms. The maximum absolute atomic E-state index is 13.9. The molecule has 3 aromatic carbocycles. The number of carbonyl (C=O) groups is 2. The van der Waals surface area contributed by atoms with Gasteiger partial charge in [-0.25, -0.2) is 4.79 Å². The van der Waals surface area contributed by atoms with Gasteiger partial charge < -0.3 is 79.1 Å². The first-order chi connectivity index (χ1) is 28.0. The number of rotatable bonds is 11. The van der Waals surface area contributed by atoms with E-state index in [2.05, 4.69) is 5.32 Å². The fourth-order valence-electron chi connectivity index (χ4n) is 7.76. The summed E-state index contributed by atoms with van der Waals surface area (Å²) in [5, 5.41) is 75.0. The highest BCUT2D eigenvalue weighted by atomic mass is 35.5. The molecule has 2 fully saturated rings. The van der Waals surface area contributed by atoms with E-state index in [1.54, 1.807) is 6.07 Å². The third kappa shape index (κ3) is 7.49. The number of fused-ring (bicyclic) bond motifs is 6. The summed E-state index contributed by atoms with van der Waals surface area (Å²) in [6, 6.07) is 9.99. The molecule has 320 valence electrons. The Morgan fingerprint density at radius 1 is 0.847 bits per heavy atom. The molecule has 2 saturated heterocycles. The van der Waals surface area contributed by atoms with Crippen molar-refractivity contribution in [2.45, 2.75) is 73.4 Å². The van der Waals surface area contributed by atoms with E-state index in [4.69, 9.17) is 56.4 Å². The summed E-state index contributed by atoms with van der Waals surface area (Å²) >= 11 is 13.7. The molecule has 0 radical (unpaired) electrons. The number of benzene rings is 3. The molecule has 3 aromatic rings. The Morgan fingerprint density at radius 3 is 2.10 bits per heavy atom. The van der Waals surface area contributed by atoms with E-state index in [1.165, 1.54) is 50.4 Å². The zero-order chi connectivity index (χ0) is 42.7. The second-order valence-electron chi connectivity index (χ2n) is 15.0. The highest BCUT2D eigenvalue weighted by Crippen LogP contribution is 2.59. The van der Waals surface area contributed by atoms with Gasteiger partial charge in [-0.05, 0) is 38.4 Å². The quantitative estimate of drug-likeness (QED) is 0.120. The summed E-state index contributed by atoms with van der Waals surface area (Å²) in [5.41, 5.74) is -0.933. The van der Waals surface area contributed by atoms with Gasteiger partial charge in [0.05, 0.1) is 28.8 Å². The van der Waals surface area contributed by atoms with Crippen LogP contribution in [0.5, 0.6) is 23.0 Å². The topological polar surface area (TPSA) is 256 Å². The Morgan fingerprint density at radius 2 is 1.47 bits per heavy atom. The summed E-state index contributed by atoms with van der Waals surface area (Å²) in [7, 11) is 4.99. The predicted molar refractivity (Wildman–Crippen MR) is 204 cm³/mol. The maximum Gasteiger partial charge on any atom is 0.340 e. The first-order valence-electron chi connectivity index (χ1n) is 18.5. The minimum atomic E-state index is -1.85. The second-order valence-corrected chi connectivity index (χ2v) is 15.8. The number of aliphatic hydroxyl groups is 7. The van der Waals surface area contributed by atoms with E-state index in [0.717, 1.165) is 0 Å². The van der Waals surface area contributed by atoms with Gasteiger partial charge in [0.1, 0.15) is 65.7 Å². The molecule has 11 atom stereocenters. The molecule has 0 bridgehead atoms.